The SMILES string of the molecule is CCCN(C(=O)c1coc(CN)c1)C1CCN(C(=O)c2ccccc2)CC1. The first-order valence-corrected chi connectivity index (χ1v) is 9.56. The lowest BCUT2D eigenvalue weighted by molar-refractivity contribution is 0.0519. The van der Waals surface area contributed by atoms with Crippen LogP contribution in [0, 0.1) is 0 Å². The average Bonchev–Trinajstić information content (AvgIpc) is 3.21. The topological polar surface area (TPSA) is 79.8 Å². The standard InChI is InChI=1S/C21H27N3O3/c1-2-10-24(21(26)17-13-19(14-22)27-15-17)18-8-11-23(12-9-18)20(25)16-6-4-3-5-7-16/h3-7,13,15,18H,2,8-12,14,22H2,1H3. The molecule has 2 N–H and O–H groups in total. The van der Waals surface area contributed by atoms with E-state index in [9.17, 15) is 9.59 Å². The van der Waals surface area contributed by atoms with Gasteiger partial charge in [-0.3, -0.25) is 9.59 Å². The van der Waals surface area contributed by atoms with Crippen LogP contribution in [0.25, 0.3) is 0 Å². The van der Waals surface area contributed by atoms with E-state index < -0.39 is 0 Å². The van der Waals surface area contributed by atoms with Crippen molar-refractivity contribution in [2.45, 2.75) is 38.8 Å². The Morgan fingerprint density at radius 2 is 1.89 bits per heavy atom. The third-order valence-corrected chi connectivity index (χ3v) is 5.04. The van der Waals surface area contributed by atoms with Crippen LogP contribution in [0.2, 0.25) is 0 Å². The number of carbonyl (C=O) groups is 2. The van der Waals surface area contributed by atoms with E-state index in [1.807, 2.05) is 40.1 Å². The summed E-state index contributed by atoms with van der Waals surface area (Å²) in [5.74, 6) is 0.649. The molecule has 1 fully saturated rings. The first-order valence-electron chi connectivity index (χ1n) is 9.56. The van der Waals surface area contributed by atoms with Crippen molar-refractivity contribution in [1.82, 2.24) is 9.80 Å². The van der Waals surface area contributed by atoms with E-state index in [1.54, 1.807) is 6.07 Å². The molecule has 27 heavy (non-hydrogen) atoms. The van der Waals surface area contributed by atoms with E-state index in [4.69, 9.17) is 10.2 Å². The van der Waals surface area contributed by atoms with Gasteiger partial charge in [0.25, 0.3) is 11.8 Å². The molecular formula is C21H27N3O3. The third kappa shape index (κ3) is 4.39. The van der Waals surface area contributed by atoms with Crippen molar-refractivity contribution in [3.8, 4) is 0 Å². The number of nitrogens with two attached hydrogens (primary N) is 1. The Morgan fingerprint density at radius 3 is 2.48 bits per heavy atom. The van der Waals surface area contributed by atoms with E-state index in [0.717, 1.165) is 19.3 Å². The number of amides is 2. The van der Waals surface area contributed by atoms with Gasteiger partial charge in [-0.25, -0.2) is 0 Å². The molecule has 1 aliphatic heterocycles. The fraction of sp³-hybridized carbons (Fsp3) is 0.429. The molecule has 6 heteroatoms. The van der Waals surface area contributed by atoms with Gasteiger partial charge in [-0.1, -0.05) is 25.1 Å². The summed E-state index contributed by atoms with van der Waals surface area (Å²) in [6.07, 6.45) is 3.94. The molecule has 2 amide bonds. The normalized spacial score (nSPS) is 15.0. The first-order chi connectivity index (χ1) is 13.1. The van der Waals surface area contributed by atoms with Crippen LogP contribution in [0.15, 0.2) is 47.1 Å². The maximum absolute atomic E-state index is 12.9. The highest BCUT2D eigenvalue weighted by Gasteiger charge is 2.30. The largest absolute Gasteiger partial charge is 0.467 e. The minimum Gasteiger partial charge on any atom is -0.467 e. The van der Waals surface area contributed by atoms with Gasteiger partial charge in [-0.2, -0.15) is 0 Å². The molecule has 0 spiro atoms. The van der Waals surface area contributed by atoms with Crippen molar-refractivity contribution < 1.29 is 14.0 Å². The van der Waals surface area contributed by atoms with Crippen LogP contribution in [0.3, 0.4) is 0 Å². The number of benzene rings is 1. The lowest BCUT2D eigenvalue weighted by Gasteiger charge is -2.38. The van der Waals surface area contributed by atoms with Crippen molar-refractivity contribution in [2.75, 3.05) is 19.6 Å². The summed E-state index contributed by atoms with van der Waals surface area (Å²) in [5.41, 5.74) is 6.84. The minimum absolute atomic E-state index is 0.0202. The number of furan rings is 1. The first kappa shape index (κ1) is 19.2. The zero-order valence-electron chi connectivity index (χ0n) is 15.8. The number of likely N-dealkylation sites (tertiary alicyclic amines) is 1. The molecule has 1 aromatic heterocycles. The predicted molar refractivity (Wildman–Crippen MR) is 103 cm³/mol. The third-order valence-electron chi connectivity index (χ3n) is 5.04. The van der Waals surface area contributed by atoms with E-state index in [2.05, 4.69) is 6.92 Å². The molecule has 2 heterocycles. The summed E-state index contributed by atoms with van der Waals surface area (Å²) in [7, 11) is 0. The smallest absolute Gasteiger partial charge is 0.257 e. The maximum atomic E-state index is 12.9. The minimum atomic E-state index is -0.0202. The van der Waals surface area contributed by atoms with Gasteiger partial charge < -0.3 is 20.0 Å². The van der Waals surface area contributed by atoms with Crippen molar-refractivity contribution in [3.05, 3.63) is 59.5 Å². The summed E-state index contributed by atoms with van der Waals surface area (Å²) in [4.78, 5) is 29.4. The van der Waals surface area contributed by atoms with Gasteiger partial charge >= 0.3 is 0 Å². The summed E-state index contributed by atoms with van der Waals surface area (Å²) in [6.45, 7) is 4.35. The highest BCUT2D eigenvalue weighted by atomic mass is 16.3. The second-order valence-corrected chi connectivity index (χ2v) is 6.89. The van der Waals surface area contributed by atoms with Crippen molar-refractivity contribution in [1.29, 1.82) is 0 Å². The monoisotopic (exact) mass is 369 g/mol. The van der Waals surface area contributed by atoms with Crippen LogP contribution in [0.4, 0.5) is 0 Å². The Labute approximate surface area is 159 Å². The van der Waals surface area contributed by atoms with E-state index in [1.165, 1.54) is 6.26 Å². The molecule has 1 aliphatic rings. The van der Waals surface area contributed by atoms with Crippen LogP contribution >= 0.6 is 0 Å². The second kappa shape index (κ2) is 8.86. The van der Waals surface area contributed by atoms with Crippen molar-refractivity contribution in [2.24, 2.45) is 5.73 Å². The van der Waals surface area contributed by atoms with Gasteiger partial charge in [-0.15, -0.1) is 0 Å². The second-order valence-electron chi connectivity index (χ2n) is 6.89. The van der Waals surface area contributed by atoms with Gasteiger partial charge in [-0.05, 0) is 37.5 Å². The summed E-state index contributed by atoms with van der Waals surface area (Å²) in [5, 5.41) is 0. The molecule has 144 valence electrons. The van der Waals surface area contributed by atoms with E-state index >= 15 is 0 Å². The molecule has 3 rings (SSSR count). The lowest BCUT2D eigenvalue weighted by atomic mass is 10.0. The number of carbonyl (C=O) groups excluding carboxylic acids is 2. The van der Waals surface area contributed by atoms with E-state index in [-0.39, 0.29) is 24.4 Å². The summed E-state index contributed by atoms with van der Waals surface area (Å²) in [6, 6.07) is 11.2. The fourth-order valence-electron chi connectivity index (χ4n) is 3.60. The summed E-state index contributed by atoms with van der Waals surface area (Å²) >= 11 is 0. The van der Waals surface area contributed by atoms with E-state index in [0.29, 0.717) is 36.5 Å². The van der Waals surface area contributed by atoms with Crippen LogP contribution < -0.4 is 5.73 Å². The molecule has 0 saturated carbocycles. The molecule has 0 atom stereocenters. The molecule has 2 aromatic rings. The fourth-order valence-corrected chi connectivity index (χ4v) is 3.60. The Morgan fingerprint density at radius 1 is 1.19 bits per heavy atom. The summed E-state index contributed by atoms with van der Waals surface area (Å²) < 4.78 is 5.32. The lowest BCUT2D eigenvalue weighted by Crippen LogP contribution is -2.49. The van der Waals surface area contributed by atoms with Crippen molar-refractivity contribution >= 4 is 11.8 Å². The molecule has 0 radical (unpaired) electrons. The quantitative estimate of drug-likeness (QED) is 0.849. The zero-order chi connectivity index (χ0) is 19.2. The van der Waals surface area contributed by atoms with Gasteiger partial charge in [0.15, 0.2) is 0 Å². The number of nitrogens with zero attached hydrogens (tertiary/aromatic N) is 2. The van der Waals surface area contributed by atoms with Crippen LogP contribution in [0.1, 0.15) is 52.7 Å². The number of hydrogen-bond donors (Lipinski definition) is 1. The number of rotatable bonds is 6. The predicted octanol–water partition coefficient (Wildman–Crippen LogP) is 2.90. The number of piperidine rings is 1. The molecule has 1 aromatic carbocycles. The van der Waals surface area contributed by atoms with Gasteiger partial charge in [0.1, 0.15) is 12.0 Å². The molecule has 0 bridgehead atoms. The Hall–Kier alpha value is -2.60. The Balaban J connectivity index is 1.64. The Bertz CT molecular complexity index is 764. The zero-order valence-corrected chi connectivity index (χ0v) is 15.8. The molecule has 0 unspecified atom stereocenters. The molecular weight excluding hydrogens is 342 g/mol. The average molecular weight is 369 g/mol. The van der Waals surface area contributed by atoms with Crippen LogP contribution in [-0.4, -0.2) is 47.3 Å². The molecule has 6 nitrogen and oxygen atoms in total. The van der Waals surface area contributed by atoms with Gasteiger partial charge in [0.2, 0.25) is 0 Å². The molecule has 0 aliphatic carbocycles. The number of hydrogen-bond acceptors (Lipinski definition) is 4. The Kier molecular flexibility index (Phi) is 6.29. The molecule has 1 saturated heterocycles. The highest BCUT2D eigenvalue weighted by molar-refractivity contribution is 5.95. The maximum Gasteiger partial charge on any atom is 0.257 e. The van der Waals surface area contributed by atoms with Crippen LogP contribution in [-0.2, 0) is 6.54 Å². The van der Waals surface area contributed by atoms with Gasteiger partial charge in [0.05, 0.1) is 12.1 Å². The highest BCUT2D eigenvalue weighted by Crippen LogP contribution is 2.22. The van der Waals surface area contributed by atoms with Crippen molar-refractivity contribution in [3.63, 3.8) is 0 Å². The van der Waals surface area contributed by atoms with Gasteiger partial charge in [0, 0.05) is 31.2 Å². The van der Waals surface area contributed by atoms with Crippen LogP contribution in [0.5, 0.6) is 0 Å².